The number of hydrogen-bond donors (Lipinski definition) is 4. The molecule has 0 radical (unpaired) electrons. The van der Waals surface area contributed by atoms with E-state index in [1.807, 2.05) is 39.5 Å². The minimum atomic E-state index is -0.959. The van der Waals surface area contributed by atoms with Gasteiger partial charge in [-0.1, -0.05) is 86.6 Å². The number of nitrogens with one attached hydrogen (secondary N) is 4. The van der Waals surface area contributed by atoms with E-state index in [2.05, 4.69) is 48.6 Å². The van der Waals surface area contributed by atoms with Crippen LogP contribution in [0.3, 0.4) is 0 Å². The first-order valence-corrected chi connectivity index (χ1v) is 18.3. The van der Waals surface area contributed by atoms with E-state index >= 15 is 0 Å². The Balaban J connectivity index is 1.76. The summed E-state index contributed by atoms with van der Waals surface area (Å²) in [6, 6.07) is -3.01. The van der Waals surface area contributed by atoms with E-state index < -0.39 is 41.1 Å². The molecule has 2 unspecified atom stereocenters. The molecule has 1 saturated heterocycles. The molecule has 0 aromatic heterocycles. The summed E-state index contributed by atoms with van der Waals surface area (Å²) in [7, 11) is 0. The van der Waals surface area contributed by atoms with Gasteiger partial charge >= 0.3 is 6.03 Å². The predicted octanol–water partition coefficient (Wildman–Crippen LogP) is 4.72. The molecule has 2 aliphatic carbocycles. The molecule has 0 aromatic rings. The van der Waals surface area contributed by atoms with Gasteiger partial charge in [-0.25, -0.2) is 4.79 Å². The van der Waals surface area contributed by atoms with E-state index in [1.54, 1.807) is 4.90 Å². The fraction of sp³-hybridized carbons (Fsp3) is 0.800. The molecule has 260 valence electrons. The van der Waals surface area contributed by atoms with Gasteiger partial charge in [0.15, 0.2) is 0 Å². The van der Waals surface area contributed by atoms with Crippen molar-refractivity contribution < 1.29 is 24.0 Å². The molecule has 10 nitrogen and oxygen atoms in total. The first-order chi connectivity index (χ1) is 21.5. The molecule has 4 N–H and O–H groups in total. The van der Waals surface area contributed by atoms with Crippen molar-refractivity contribution >= 4 is 41.3 Å². The molecule has 0 aromatic carbocycles. The summed E-state index contributed by atoms with van der Waals surface area (Å²) < 4.78 is 0.103. The van der Waals surface area contributed by atoms with Gasteiger partial charge in [-0.05, 0) is 49.4 Å². The Morgan fingerprint density at radius 2 is 1.65 bits per heavy atom. The van der Waals surface area contributed by atoms with Crippen molar-refractivity contribution in [3.8, 4) is 0 Å². The molecular formula is C35H59N5O5S. The lowest BCUT2D eigenvalue weighted by Gasteiger charge is -2.41. The second kappa shape index (κ2) is 16.0. The average molecular weight is 662 g/mol. The molecule has 3 fully saturated rings. The minimum absolute atomic E-state index is 0.103. The molecule has 1 heterocycles. The standard InChI is InChI=1S/C35H59N5O5S/c1-9-19-36-30(43)27(41)25(21-24-14-15-24)37-29(42)26-23(3)16-20-40(26)31(44)28(33(4,5)6)38-32(45)39-35(17-12-11-13-18-35)22-46-34(7,8)10-2/h9,23-26,28H,1,10-22H2,2-8H3,(H,36,43)(H,37,42)(H2,38,39,45)/t23-,25?,26-,28?/m0/s1. The van der Waals surface area contributed by atoms with Crippen molar-refractivity contribution in [2.45, 2.75) is 141 Å². The van der Waals surface area contributed by atoms with Gasteiger partial charge in [0.05, 0.1) is 11.6 Å². The van der Waals surface area contributed by atoms with Crippen LogP contribution in [0.4, 0.5) is 4.79 Å². The lowest BCUT2D eigenvalue weighted by molar-refractivity contribution is -0.144. The van der Waals surface area contributed by atoms with Crippen LogP contribution in [-0.4, -0.2) is 81.7 Å². The third-order valence-corrected chi connectivity index (χ3v) is 11.7. The van der Waals surface area contributed by atoms with E-state index in [-0.39, 0.29) is 40.6 Å². The number of carbonyl (C=O) groups excluding carboxylic acids is 5. The molecule has 11 heteroatoms. The zero-order valence-electron chi connectivity index (χ0n) is 29.3. The van der Waals surface area contributed by atoms with Crippen LogP contribution in [0.2, 0.25) is 0 Å². The highest BCUT2D eigenvalue weighted by atomic mass is 32.2. The van der Waals surface area contributed by atoms with Crippen molar-refractivity contribution in [1.82, 2.24) is 26.2 Å². The number of nitrogens with zero attached hydrogens (tertiary/aromatic N) is 1. The minimum Gasteiger partial charge on any atom is -0.346 e. The lowest BCUT2D eigenvalue weighted by atomic mass is 9.83. The van der Waals surface area contributed by atoms with Crippen LogP contribution in [0.15, 0.2) is 12.7 Å². The smallest absolute Gasteiger partial charge is 0.315 e. The zero-order valence-corrected chi connectivity index (χ0v) is 30.1. The quantitative estimate of drug-likeness (QED) is 0.148. The molecule has 3 rings (SSSR count). The fourth-order valence-electron chi connectivity index (χ4n) is 6.37. The van der Waals surface area contributed by atoms with Crippen LogP contribution >= 0.6 is 11.8 Å². The van der Waals surface area contributed by atoms with Gasteiger partial charge in [0.25, 0.3) is 5.91 Å². The molecular weight excluding hydrogens is 602 g/mol. The number of thioether (sulfide) groups is 1. The van der Waals surface area contributed by atoms with Gasteiger partial charge in [-0.3, -0.25) is 19.2 Å². The molecule has 4 atom stereocenters. The van der Waals surface area contributed by atoms with Crippen molar-refractivity contribution in [3.63, 3.8) is 0 Å². The van der Waals surface area contributed by atoms with E-state index in [0.29, 0.717) is 19.4 Å². The number of rotatable bonds is 15. The second-order valence-electron chi connectivity index (χ2n) is 15.5. The maximum atomic E-state index is 14.2. The molecule has 0 bridgehead atoms. The molecule has 46 heavy (non-hydrogen) atoms. The second-order valence-corrected chi connectivity index (χ2v) is 17.2. The number of likely N-dealkylation sites (tertiary alicyclic amines) is 1. The maximum absolute atomic E-state index is 14.2. The van der Waals surface area contributed by atoms with E-state index in [0.717, 1.165) is 57.1 Å². The Bertz CT molecular complexity index is 1120. The first-order valence-electron chi connectivity index (χ1n) is 17.3. The normalized spacial score (nSPS) is 22.7. The van der Waals surface area contributed by atoms with Gasteiger partial charge in [0, 0.05) is 23.6 Å². The van der Waals surface area contributed by atoms with E-state index in [1.165, 1.54) is 6.08 Å². The van der Waals surface area contributed by atoms with Crippen LogP contribution in [0, 0.1) is 17.3 Å². The molecule has 1 aliphatic heterocycles. The Morgan fingerprint density at radius 3 is 2.22 bits per heavy atom. The lowest BCUT2D eigenvalue weighted by Crippen LogP contribution is -2.63. The topological polar surface area (TPSA) is 137 Å². The number of amides is 5. The first kappa shape index (κ1) is 37.9. The summed E-state index contributed by atoms with van der Waals surface area (Å²) in [5.74, 6) is -1.26. The van der Waals surface area contributed by atoms with Crippen LogP contribution in [0.1, 0.15) is 113 Å². The monoisotopic (exact) mass is 661 g/mol. The van der Waals surface area contributed by atoms with Crippen LogP contribution in [-0.2, 0) is 19.2 Å². The SMILES string of the molecule is C=CCNC(=O)C(=O)C(CC1CC1)NC(=O)[C@@H]1[C@@H](C)CCN1C(=O)C(NC(=O)NC1(CSC(C)(C)CC)CCCCC1)C(C)(C)C. The van der Waals surface area contributed by atoms with Crippen molar-refractivity contribution in [1.29, 1.82) is 0 Å². The summed E-state index contributed by atoms with van der Waals surface area (Å²) in [4.78, 5) is 68.8. The highest BCUT2D eigenvalue weighted by molar-refractivity contribution is 8.00. The third-order valence-electron chi connectivity index (χ3n) is 9.95. The van der Waals surface area contributed by atoms with Crippen LogP contribution in [0.5, 0.6) is 0 Å². The number of urea groups is 1. The Morgan fingerprint density at radius 1 is 1.00 bits per heavy atom. The van der Waals surface area contributed by atoms with E-state index in [4.69, 9.17) is 0 Å². The largest absolute Gasteiger partial charge is 0.346 e. The highest BCUT2D eigenvalue weighted by Crippen LogP contribution is 2.37. The van der Waals surface area contributed by atoms with Crippen LogP contribution < -0.4 is 21.3 Å². The number of carbonyl (C=O) groups is 5. The van der Waals surface area contributed by atoms with Crippen molar-refractivity contribution in [3.05, 3.63) is 12.7 Å². The van der Waals surface area contributed by atoms with Crippen molar-refractivity contribution in [2.24, 2.45) is 17.3 Å². The summed E-state index contributed by atoms with van der Waals surface area (Å²) in [5.41, 5.74) is -0.968. The summed E-state index contributed by atoms with van der Waals surface area (Å²) in [6.45, 7) is 18.4. The zero-order chi connectivity index (χ0) is 34.3. The number of Topliss-reactive ketones (excluding diaryl/α,β-unsaturated/α-hetero) is 1. The predicted molar refractivity (Wildman–Crippen MR) is 184 cm³/mol. The van der Waals surface area contributed by atoms with Gasteiger partial charge in [-0.15, -0.1) is 6.58 Å². The average Bonchev–Trinajstić information content (AvgIpc) is 3.74. The summed E-state index contributed by atoms with van der Waals surface area (Å²) in [5, 5.41) is 11.7. The van der Waals surface area contributed by atoms with Gasteiger partial charge in [0.1, 0.15) is 12.1 Å². The van der Waals surface area contributed by atoms with Gasteiger partial charge in [0.2, 0.25) is 17.6 Å². The summed E-state index contributed by atoms with van der Waals surface area (Å²) >= 11 is 1.89. The fourth-order valence-corrected chi connectivity index (χ4v) is 7.60. The molecule has 5 amide bonds. The highest BCUT2D eigenvalue weighted by Gasteiger charge is 2.46. The van der Waals surface area contributed by atoms with Gasteiger partial charge < -0.3 is 26.2 Å². The third kappa shape index (κ3) is 10.5. The van der Waals surface area contributed by atoms with Crippen LogP contribution in [0.25, 0.3) is 0 Å². The van der Waals surface area contributed by atoms with Crippen molar-refractivity contribution in [2.75, 3.05) is 18.8 Å². The molecule has 0 spiro atoms. The Labute approximate surface area is 280 Å². The number of ketones is 1. The van der Waals surface area contributed by atoms with Gasteiger partial charge in [-0.2, -0.15) is 11.8 Å². The van der Waals surface area contributed by atoms with E-state index in [9.17, 15) is 24.0 Å². The molecule has 3 aliphatic rings. The summed E-state index contributed by atoms with van der Waals surface area (Å²) in [6.07, 6.45) is 10.5. The Kier molecular flexibility index (Phi) is 13.2. The number of hydrogen-bond acceptors (Lipinski definition) is 6. The Hall–Kier alpha value is -2.56. The maximum Gasteiger partial charge on any atom is 0.315 e. The molecule has 2 saturated carbocycles.